The van der Waals surface area contributed by atoms with Gasteiger partial charge >= 0.3 is 0 Å². The summed E-state index contributed by atoms with van der Waals surface area (Å²) in [6, 6.07) is 11.5. The third-order valence-corrected chi connectivity index (χ3v) is 3.85. The van der Waals surface area contributed by atoms with Gasteiger partial charge in [0.15, 0.2) is 0 Å². The molecule has 0 aliphatic rings. The van der Waals surface area contributed by atoms with Gasteiger partial charge in [0.25, 0.3) is 5.91 Å². The van der Waals surface area contributed by atoms with Crippen LogP contribution in [0, 0.1) is 19.7 Å². The molecule has 2 N–H and O–H groups in total. The Morgan fingerprint density at radius 3 is 2.44 bits per heavy atom. The number of carbonyl (C=O) groups excluding carboxylic acids is 1. The molecule has 0 radical (unpaired) electrons. The second kappa shape index (κ2) is 7.09. The number of anilines is 3. The number of nitrogens with zero attached hydrogens (tertiary/aromatic N) is 2. The van der Waals surface area contributed by atoms with E-state index in [1.807, 2.05) is 32.0 Å². The maximum absolute atomic E-state index is 12.9. The van der Waals surface area contributed by atoms with Crippen LogP contribution in [0.3, 0.4) is 0 Å². The van der Waals surface area contributed by atoms with Crippen molar-refractivity contribution >= 4 is 23.1 Å². The molecule has 0 aliphatic heterocycles. The third kappa shape index (κ3) is 3.98. The number of hydrogen-bond donors (Lipinski definition) is 2. The molecule has 0 saturated heterocycles. The molecule has 0 saturated carbocycles. The molecule has 0 atom stereocenters. The Labute approximate surface area is 145 Å². The number of rotatable bonds is 4. The summed E-state index contributed by atoms with van der Waals surface area (Å²) in [5.74, 6) is -0.218. The van der Waals surface area contributed by atoms with Gasteiger partial charge in [0.05, 0.1) is 12.4 Å². The lowest BCUT2D eigenvalue weighted by atomic mass is 10.1. The molecule has 2 aromatic carbocycles. The van der Waals surface area contributed by atoms with E-state index >= 15 is 0 Å². The first-order valence-corrected chi connectivity index (χ1v) is 7.75. The molecule has 3 aromatic rings. The quantitative estimate of drug-likeness (QED) is 0.748. The molecule has 0 fully saturated rings. The summed E-state index contributed by atoms with van der Waals surface area (Å²) in [5.41, 5.74) is 3.91. The first-order valence-electron chi connectivity index (χ1n) is 7.75. The van der Waals surface area contributed by atoms with E-state index in [-0.39, 0.29) is 11.5 Å². The topological polar surface area (TPSA) is 66.9 Å². The van der Waals surface area contributed by atoms with Crippen LogP contribution in [0.15, 0.2) is 54.9 Å². The highest BCUT2D eigenvalue weighted by molar-refractivity contribution is 6.02. The van der Waals surface area contributed by atoms with Crippen LogP contribution >= 0.6 is 0 Å². The summed E-state index contributed by atoms with van der Waals surface area (Å²) >= 11 is 0. The molecule has 0 bridgehead atoms. The Hall–Kier alpha value is -3.28. The zero-order chi connectivity index (χ0) is 17.8. The van der Waals surface area contributed by atoms with Crippen LogP contribution in [-0.2, 0) is 0 Å². The van der Waals surface area contributed by atoms with Crippen molar-refractivity contribution in [2.75, 3.05) is 10.6 Å². The van der Waals surface area contributed by atoms with E-state index < -0.39 is 5.91 Å². The van der Waals surface area contributed by atoms with Crippen LogP contribution in [0.5, 0.6) is 0 Å². The Morgan fingerprint density at radius 1 is 1.00 bits per heavy atom. The highest BCUT2D eigenvalue weighted by atomic mass is 19.1. The molecule has 25 heavy (non-hydrogen) atoms. The number of aromatic nitrogens is 2. The van der Waals surface area contributed by atoms with E-state index in [1.165, 1.54) is 42.2 Å². The van der Waals surface area contributed by atoms with Gasteiger partial charge in [0.1, 0.15) is 17.3 Å². The summed E-state index contributed by atoms with van der Waals surface area (Å²) in [6.07, 6.45) is 2.90. The van der Waals surface area contributed by atoms with Crippen LogP contribution in [-0.4, -0.2) is 15.9 Å². The summed E-state index contributed by atoms with van der Waals surface area (Å²) in [4.78, 5) is 20.5. The van der Waals surface area contributed by atoms with Crippen LogP contribution in [0.2, 0.25) is 0 Å². The molecule has 0 unspecified atom stereocenters. The highest BCUT2D eigenvalue weighted by Crippen LogP contribution is 2.21. The summed E-state index contributed by atoms with van der Waals surface area (Å²) < 4.78 is 12.9. The molecule has 126 valence electrons. The van der Waals surface area contributed by atoms with E-state index in [4.69, 9.17) is 0 Å². The fraction of sp³-hybridized carbons (Fsp3) is 0.105. The van der Waals surface area contributed by atoms with Crippen molar-refractivity contribution in [1.29, 1.82) is 0 Å². The third-order valence-electron chi connectivity index (χ3n) is 3.85. The lowest BCUT2D eigenvalue weighted by Crippen LogP contribution is -2.14. The number of carbonyl (C=O) groups is 1. The molecule has 5 nitrogen and oxygen atoms in total. The van der Waals surface area contributed by atoms with Gasteiger partial charge in [-0.2, -0.15) is 0 Å². The van der Waals surface area contributed by atoms with Gasteiger partial charge in [-0.3, -0.25) is 4.79 Å². The summed E-state index contributed by atoms with van der Waals surface area (Å²) in [6.45, 7) is 4.06. The minimum atomic E-state index is -0.405. The van der Waals surface area contributed by atoms with Crippen molar-refractivity contribution in [2.45, 2.75) is 13.8 Å². The Morgan fingerprint density at radius 2 is 1.76 bits per heavy atom. The normalized spacial score (nSPS) is 10.4. The van der Waals surface area contributed by atoms with Crippen LogP contribution < -0.4 is 10.6 Å². The van der Waals surface area contributed by atoms with Crippen molar-refractivity contribution in [3.8, 4) is 0 Å². The first kappa shape index (κ1) is 16.6. The lowest BCUT2D eigenvalue weighted by molar-refractivity contribution is 0.102. The maximum atomic E-state index is 12.9. The number of amides is 1. The molecular formula is C19H17FN4O. The van der Waals surface area contributed by atoms with Crippen molar-refractivity contribution in [1.82, 2.24) is 9.97 Å². The first-order chi connectivity index (χ1) is 12.0. The standard InChI is InChI=1S/C19H17FN4O/c1-12-4-3-5-16(13(12)2)24-18-11-21-17(10-22-18)19(25)23-15-8-6-14(20)7-9-15/h3-11H,1-2H3,(H,22,24)(H,23,25). The highest BCUT2D eigenvalue weighted by Gasteiger charge is 2.09. The van der Waals surface area contributed by atoms with Gasteiger partial charge < -0.3 is 10.6 Å². The van der Waals surface area contributed by atoms with Gasteiger partial charge in [0.2, 0.25) is 0 Å². The molecule has 3 rings (SSSR count). The number of hydrogen-bond acceptors (Lipinski definition) is 4. The number of aryl methyl sites for hydroxylation is 1. The van der Waals surface area contributed by atoms with E-state index in [0.717, 1.165) is 11.3 Å². The number of nitrogens with one attached hydrogen (secondary N) is 2. The minimum absolute atomic E-state index is 0.177. The van der Waals surface area contributed by atoms with Crippen LogP contribution in [0.1, 0.15) is 21.6 Å². The number of halogens is 1. The average Bonchev–Trinajstić information content (AvgIpc) is 2.61. The summed E-state index contributed by atoms with van der Waals surface area (Å²) in [5, 5.41) is 5.83. The SMILES string of the molecule is Cc1cccc(Nc2cnc(C(=O)Nc3ccc(F)cc3)cn2)c1C. The molecule has 1 amide bonds. The molecule has 0 aliphatic carbocycles. The van der Waals surface area contributed by atoms with Crippen molar-refractivity contribution in [3.63, 3.8) is 0 Å². The van der Waals surface area contributed by atoms with E-state index in [2.05, 4.69) is 20.6 Å². The second-order valence-corrected chi connectivity index (χ2v) is 5.62. The fourth-order valence-electron chi connectivity index (χ4n) is 2.26. The molecule has 1 heterocycles. The van der Waals surface area contributed by atoms with Gasteiger partial charge in [-0.25, -0.2) is 14.4 Å². The Bertz CT molecular complexity index is 892. The van der Waals surface area contributed by atoms with Gasteiger partial charge in [0, 0.05) is 11.4 Å². The Balaban J connectivity index is 1.70. The molecule has 1 aromatic heterocycles. The van der Waals surface area contributed by atoms with Gasteiger partial charge in [-0.15, -0.1) is 0 Å². The molecular weight excluding hydrogens is 319 g/mol. The van der Waals surface area contributed by atoms with E-state index in [0.29, 0.717) is 11.5 Å². The van der Waals surface area contributed by atoms with E-state index in [1.54, 1.807) is 0 Å². The lowest BCUT2D eigenvalue weighted by Gasteiger charge is -2.10. The largest absolute Gasteiger partial charge is 0.339 e. The smallest absolute Gasteiger partial charge is 0.275 e. The minimum Gasteiger partial charge on any atom is -0.339 e. The van der Waals surface area contributed by atoms with Crippen molar-refractivity contribution in [3.05, 3.63) is 77.5 Å². The average molecular weight is 336 g/mol. The zero-order valence-corrected chi connectivity index (χ0v) is 13.9. The fourth-order valence-corrected chi connectivity index (χ4v) is 2.26. The summed E-state index contributed by atoms with van der Waals surface area (Å²) in [7, 11) is 0. The maximum Gasteiger partial charge on any atom is 0.275 e. The van der Waals surface area contributed by atoms with Crippen molar-refractivity contribution in [2.24, 2.45) is 0 Å². The zero-order valence-electron chi connectivity index (χ0n) is 13.9. The predicted octanol–water partition coefficient (Wildman–Crippen LogP) is 4.23. The number of benzene rings is 2. The van der Waals surface area contributed by atoms with Crippen molar-refractivity contribution < 1.29 is 9.18 Å². The van der Waals surface area contributed by atoms with Crippen LogP contribution in [0.25, 0.3) is 0 Å². The second-order valence-electron chi connectivity index (χ2n) is 5.62. The predicted molar refractivity (Wildman–Crippen MR) is 95.6 cm³/mol. The Kier molecular flexibility index (Phi) is 4.70. The van der Waals surface area contributed by atoms with E-state index in [9.17, 15) is 9.18 Å². The monoisotopic (exact) mass is 336 g/mol. The van der Waals surface area contributed by atoms with Gasteiger partial charge in [-0.05, 0) is 55.3 Å². The van der Waals surface area contributed by atoms with Gasteiger partial charge in [-0.1, -0.05) is 12.1 Å². The van der Waals surface area contributed by atoms with Crippen LogP contribution in [0.4, 0.5) is 21.6 Å². The molecule has 0 spiro atoms. The molecule has 6 heteroatoms.